The van der Waals surface area contributed by atoms with E-state index in [0.29, 0.717) is 17.3 Å². The highest BCUT2D eigenvalue weighted by Gasteiger charge is 2.24. The molecular weight excluding hydrogens is 416 g/mol. The second-order valence-electron chi connectivity index (χ2n) is 7.83. The van der Waals surface area contributed by atoms with Crippen LogP contribution in [-0.2, 0) is 4.79 Å². The zero-order valence-electron chi connectivity index (χ0n) is 17.2. The zero-order valence-corrected chi connectivity index (χ0v) is 17.2. The van der Waals surface area contributed by atoms with Crippen LogP contribution in [0.15, 0.2) is 54.9 Å². The second-order valence-corrected chi connectivity index (χ2v) is 7.83. The number of pyridine rings is 1. The second kappa shape index (κ2) is 8.84. The third kappa shape index (κ3) is 4.97. The van der Waals surface area contributed by atoms with Gasteiger partial charge < -0.3 is 15.7 Å². The minimum Gasteiger partial charge on any atom is -0.378 e. The highest BCUT2D eigenvalue weighted by atomic mass is 19.1. The van der Waals surface area contributed by atoms with Crippen molar-refractivity contribution in [3.8, 4) is 11.1 Å². The fraction of sp³-hybridized carbons (Fsp3) is 0.208. The highest BCUT2D eigenvalue weighted by molar-refractivity contribution is 5.96. The number of halogens is 2. The molecule has 2 amide bonds. The number of nitrogens with zero attached hydrogens (tertiary/aromatic N) is 1. The number of hydrogen-bond donors (Lipinski definition) is 3. The molecule has 2 aromatic carbocycles. The maximum atomic E-state index is 13.4. The molecule has 0 saturated heterocycles. The summed E-state index contributed by atoms with van der Waals surface area (Å²) < 4.78 is 26.7. The van der Waals surface area contributed by atoms with Crippen LogP contribution in [0.2, 0.25) is 0 Å². The molecule has 1 unspecified atom stereocenters. The number of aromatic nitrogens is 1. The van der Waals surface area contributed by atoms with E-state index in [4.69, 9.17) is 0 Å². The first-order chi connectivity index (χ1) is 15.3. The van der Waals surface area contributed by atoms with Crippen LogP contribution >= 0.6 is 0 Å². The lowest BCUT2D eigenvalue weighted by molar-refractivity contribution is -0.124. The number of aryl methyl sites for hydroxylation is 1. The van der Waals surface area contributed by atoms with Crippen molar-refractivity contribution in [2.24, 2.45) is 0 Å². The van der Waals surface area contributed by atoms with E-state index in [9.17, 15) is 23.5 Å². The fourth-order valence-corrected chi connectivity index (χ4v) is 3.37. The molecule has 6 nitrogen and oxygen atoms in total. The third-order valence-corrected chi connectivity index (χ3v) is 5.17. The Hall–Kier alpha value is -3.65. The number of nitrogens with one attached hydrogen (secondary N) is 2. The highest BCUT2D eigenvalue weighted by Crippen LogP contribution is 2.27. The molecule has 3 aromatic rings. The van der Waals surface area contributed by atoms with E-state index in [1.54, 1.807) is 30.5 Å². The van der Waals surface area contributed by atoms with Crippen LogP contribution in [0.25, 0.3) is 11.1 Å². The molecule has 0 bridgehead atoms. The smallest absolute Gasteiger partial charge is 0.257 e. The molecule has 1 saturated carbocycles. The van der Waals surface area contributed by atoms with Crippen molar-refractivity contribution in [1.29, 1.82) is 0 Å². The lowest BCUT2D eigenvalue weighted by Crippen LogP contribution is -2.25. The van der Waals surface area contributed by atoms with Crippen molar-refractivity contribution < 1.29 is 23.5 Å². The van der Waals surface area contributed by atoms with Gasteiger partial charge in [0, 0.05) is 35.8 Å². The lowest BCUT2D eigenvalue weighted by atomic mass is 10.00. The Bertz CT molecular complexity index is 1170. The van der Waals surface area contributed by atoms with E-state index in [1.807, 2.05) is 6.92 Å². The molecule has 1 fully saturated rings. The first kappa shape index (κ1) is 21.6. The van der Waals surface area contributed by atoms with Gasteiger partial charge in [-0.3, -0.25) is 14.6 Å². The van der Waals surface area contributed by atoms with Crippen LogP contribution < -0.4 is 10.6 Å². The Morgan fingerprint density at radius 2 is 1.78 bits per heavy atom. The SMILES string of the molecule is Cc1cc(NC(=O)C(O)c2cc(F)cc(F)c2)ccc1-c1cncc(C(=O)NC2CC2)c1. The van der Waals surface area contributed by atoms with Gasteiger partial charge in [-0.2, -0.15) is 0 Å². The van der Waals surface area contributed by atoms with Gasteiger partial charge in [0.05, 0.1) is 5.56 Å². The fourth-order valence-electron chi connectivity index (χ4n) is 3.37. The standard InChI is InChI=1S/C24H21F2N3O3/c1-13-6-20(29-24(32)22(30)14-8-17(25)10-18(26)9-14)4-5-21(13)15-7-16(12-27-11-15)23(31)28-19-2-3-19/h4-12,19,22,30H,2-3H2,1H3,(H,28,31)(H,29,32). The molecular formula is C24H21F2N3O3. The molecule has 4 rings (SSSR count). The van der Waals surface area contributed by atoms with Gasteiger partial charge >= 0.3 is 0 Å². The Balaban J connectivity index is 1.49. The van der Waals surface area contributed by atoms with Crippen LogP contribution in [0.4, 0.5) is 14.5 Å². The van der Waals surface area contributed by atoms with Gasteiger partial charge in [-0.15, -0.1) is 0 Å². The van der Waals surface area contributed by atoms with Gasteiger partial charge in [0.1, 0.15) is 11.6 Å². The number of carbonyl (C=O) groups is 2. The van der Waals surface area contributed by atoms with E-state index >= 15 is 0 Å². The Morgan fingerprint density at radius 1 is 1.06 bits per heavy atom. The quantitative estimate of drug-likeness (QED) is 0.546. The number of aliphatic hydroxyl groups is 1. The number of carbonyl (C=O) groups excluding carboxylic acids is 2. The summed E-state index contributed by atoms with van der Waals surface area (Å²) in [6.45, 7) is 1.83. The maximum Gasteiger partial charge on any atom is 0.257 e. The minimum atomic E-state index is -1.73. The topological polar surface area (TPSA) is 91.3 Å². The van der Waals surface area contributed by atoms with E-state index in [1.165, 1.54) is 6.20 Å². The molecule has 1 aromatic heterocycles. The van der Waals surface area contributed by atoms with Gasteiger partial charge in [0.15, 0.2) is 6.10 Å². The van der Waals surface area contributed by atoms with Crippen LogP contribution in [0, 0.1) is 18.6 Å². The summed E-state index contributed by atoms with van der Waals surface area (Å²) in [5.41, 5.74) is 3.07. The molecule has 1 heterocycles. The van der Waals surface area contributed by atoms with Gasteiger partial charge in [0.2, 0.25) is 0 Å². The number of rotatable bonds is 6. The van der Waals surface area contributed by atoms with Crippen LogP contribution in [0.3, 0.4) is 0 Å². The number of hydrogen-bond acceptors (Lipinski definition) is 4. The lowest BCUT2D eigenvalue weighted by Gasteiger charge is -2.14. The number of benzene rings is 2. The van der Waals surface area contributed by atoms with Crippen LogP contribution in [-0.4, -0.2) is 27.9 Å². The molecule has 1 aliphatic carbocycles. The summed E-state index contributed by atoms with van der Waals surface area (Å²) in [4.78, 5) is 28.8. The monoisotopic (exact) mass is 437 g/mol. The molecule has 164 valence electrons. The molecule has 0 spiro atoms. The molecule has 3 N–H and O–H groups in total. The predicted molar refractivity (Wildman–Crippen MR) is 115 cm³/mol. The summed E-state index contributed by atoms with van der Waals surface area (Å²) in [6.07, 6.45) is 3.42. The Kier molecular flexibility index (Phi) is 5.96. The third-order valence-electron chi connectivity index (χ3n) is 5.17. The van der Waals surface area contributed by atoms with Crippen molar-refractivity contribution in [1.82, 2.24) is 10.3 Å². The van der Waals surface area contributed by atoms with E-state index in [2.05, 4.69) is 15.6 Å². The number of amides is 2. The van der Waals surface area contributed by atoms with Crippen molar-refractivity contribution in [2.75, 3.05) is 5.32 Å². The van der Waals surface area contributed by atoms with Gasteiger partial charge in [-0.1, -0.05) is 6.07 Å². The van der Waals surface area contributed by atoms with Crippen LogP contribution in [0.1, 0.15) is 40.4 Å². The number of anilines is 1. The number of aliphatic hydroxyl groups excluding tert-OH is 1. The summed E-state index contributed by atoms with van der Waals surface area (Å²) >= 11 is 0. The Labute approximate surface area is 183 Å². The largest absolute Gasteiger partial charge is 0.378 e. The normalized spacial score (nSPS) is 14.0. The van der Waals surface area contributed by atoms with Crippen molar-refractivity contribution in [2.45, 2.75) is 31.9 Å². The van der Waals surface area contributed by atoms with Crippen molar-refractivity contribution in [3.63, 3.8) is 0 Å². The molecule has 1 aliphatic rings. The van der Waals surface area contributed by atoms with Gasteiger partial charge in [0.25, 0.3) is 11.8 Å². The van der Waals surface area contributed by atoms with E-state index < -0.39 is 23.6 Å². The predicted octanol–water partition coefficient (Wildman–Crippen LogP) is 3.90. The maximum absolute atomic E-state index is 13.4. The Morgan fingerprint density at radius 3 is 2.44 bits per heavy atom. The first-order valence-corrected chi connectivity index (χ1v) is 10.1. The van der Waals surface area contributed by atoms with Crippen LogP contribution in [0.5, 0.6) is 0 Å². The first-order valence-electron chi connectivity index (χ1n) is 10.1. The minimum absolute atomic E-state index is 0.161. The molecule has 32 heavy (non-hydrogen) atoms. The molecule has 1 atom stereocenters. The zero-order chi connectivity index (χ0) is 22.8. The van der Waals surface area contributed by atoms with Gasteiger partial charge in [-0.05, 0) is 66.8 Å². The van der Waals surface area contributed by atoms with E-state index in [-0.39, 0.29) is 17.5 Å². The molecule has 0 radical (unpaired) electrons. The summed E-state index contributed by atoms with van der Waals surface area (Å²) in [6, 6.07) is 9.57. The summed E-state index contributed by atoms with van der Waals surface area (Å²) in [7, 11) is 0. The van der Waals surface area contributed by atoms with E-state index in [0.717, 1.165) is 41.7 Å². The summed E-state index contributed by atoms with van der Waals surface area (Å²) in [5.74, 6) is -2.74. The summed E-state index contributed by atoms with van der Waals surface area (Å²) in [5, 5.41) is 15.6. The average molecular weight is 437 g/mol. The average Bonchev–Trinajstić information content (AvgIpc) is 3.56. The molecule has 8 heteroatoms. The van der Waals surface area contributed by atoms with Gasteiger partial charge in [-0.25, -0.2) is 8.78 Å². The van der Waals surface area contributed by atoms with Crippen molar-refractivity contribution >= 4 is 17.5 Å². The molecule has 0 aliphatic heterocycles. The van der Waals surface area contributed by atoms with Crippen molar-refractivity contribution in [3.05, 3.63) is 83.2 Å².